The van der Waals surface area contributed by atoms with E-state index in [0.29, 0.717) is 5.33 Å². The van der Waals surface area contributed by atoms with E-state index in [1.807, 2.05) is 0 Å². The highest BCUT2D eigenvalue weighted by atomic mass is 79.9. The molecule has 0 bridgehead atoms. The Bertz CT molecular complexity index is 480. The zero-order valence-corrected chi connectivity index (χ0v) is 12.9. The molecule has 0 aliphatic heterocycles. The number of hydrogen-bond acceptors (Lipinski definition) is 3. The van der Waals surface area contributed by atoms with Crippen LogP contribution in [0.1, 0.15) is 12.0 Å². The van der Waals surface area contributed by atoms with Crippen molar-refractivity contribution in [2.75, 3.05) is 31.0 Å². The first-order chi connectivity index (χ1) is 9.88. The number of methoxy groups -OCH3 is 1. The normalized spacial score (nSPS) is 11.3. The number of benzene rings is 1. The molecule has 0 aliphatic carbocycles. The summed E-state index contributed by atoms with van der Waals surface area (Å²) >= 11 is 3.09. The lowest BCUT2D eigenvalue weighted by Gasteiger charge is -2.15. The average Bonchev–Trinajstić information content (AvgIpc) is 2.39. The Kier molecular flexibility index (Phi) is 6.97. The predicted molar refractivity (Wildman–Crippen MR) is 75.9 cm³/mol. The highest BCUT2D eigenvalue weighted by molar-refractivity contribution is 9.09. The Balaban J connectivity index is 2.97. The summed E-state index contributed by atoms with van der Waals surface area (Å²) in [5, 5.41) is 2.83. The number of nitrogens with one attached hydrogen (secondary N) is 1. The zero-order chi connectivity index (χ0) is 15.9. The van der Waals surface area contributed by atoms with Crippen LogP contribution >= 0.6 is 15.9 Å². The number of anilines is 1. The van der Waals surface area contributed by atoms with E-state index in [1.165, 1.54) is 13.2 Å². The monoisotopic (exact) mass is 369 g/mol. The number of carbonyl (C=O) groups excluding carboxylic acids is 1. The van der Waals surface area contributed by atoms with E-state index in [0.717, 1.165) is 12.1 Å². The number of ether oxygens (including phenoxy) is 2. The van der Waals surface area contributed by atoms with Crippen LogP contribution in [0, 0.1) is 0 Å². The molecule has 0 fully saturated rings. The fourth-order valence-corrected chi connectivity index (χ4v) is 1.82. The third-order valence-corrected chi connectivity index (χ3v) is 2.84. The van der Waals surface area contributed by atoms with Crippen molar-refractivity contribution in [1.29, 1.82) is 0 Å². The molecule has 0 saturated carbocycles. The van der Waals surface area contributed by atoms with Gasteiger partial charge in [-0.05, 0) is 18.2 Å². The maximum absolute atomic E-state index is 12.7. The SMILES string of the molecule is COCCOc1ccc(C(F)(F)F)cc1NC(=O)CCBr. The van der Waals surface area contributed by atoms with Gasteiger partial charge in [0.25, 0.3) is 0 Å². The first-order valence-corrected chi connectivity index (χ1v) is 7.19. The van der Waals surface area contributed by atoms with Gasteiger partial charge in [-0.3, -0.25) is 4.79 Å². The molecule has 1 N–H and O–H groups in total. The van der Waals surface area contributed by atoms with Gasteiger partial charge in [-0.2, -0.15) is 13.2 Å². The van der Waals surface area contributed by atoms with Crippen molar-refractivity contribution >= 4 is 27.5 Å². The molecule has 1 amide bonds. The lowest BCUT2D eigenvalue weighted by atomic mass is 10.1. The molecule has 0 aromatic heterocycles. The van der Waals surface area contributed by atoms with Gasteiger partial charge in [-0.15, -0.1) is 0 Å². The van der Waals surface area contributed by atoms with Crippen LogP contribution in [0.25, 0.3) is 0 Å². The molecule has 0 heterocycles. The Hall–Kier alpha value is -1.28. The summed E-state index contributed by atoms with van der Waals surface area (Å²) in [5.74, 6) is -0.231. The smallest absolute Gasteiger partial charge is 0.416 e. The van der Waals surface area contributed by atoms with Crippen molar-refractivity contribution in [2.45, 2.75) is 12.6 Å². The Morgan fingerprint density at radius 2 is 2.05 bits per heavy atom. The van der Waals surface area contributed by atoms with E-state index < -0.39 is 17.6 Å². The van der Waals surface area contributed by atoms with Gasteiger partial charge < -0.3 is 14.8 Å². The number of carbonyl (C=O) groups is 1. The fraction of sp³-hybridized carbons (Fsp3) is 0.462. The van der Waals surface area contributed by atoms with Crippen molar-refractivity contribution in [3.63, 3.8) is 0 Å². The van der Waals surface area contributed by atoms with Gasteiger partial charge in [0.1, 0.15) is 12.4 Å². The molecule has 1 aromatic rings. The van der Waals surface area contributed by atoms with Gasteiger partial charge in [0.05, 0.1) is 17.9 Å². The molecule has 0 saturated heterocycles. The summed E-state index contributed by atoms with van der Waals surface area (Å²) in [4.78, 5) is 11.6. The van der Waals surface area contributed by atoms with E-state index in [1.54, 1.807) is 0 Å². The minimum atomic E-state index is -4.49. The summed E-state index contributed by atoms with van der Waals surface area (Å²) < 4.78 is 48.2. The summed E-state index contributed by atoms with van der Waals surface area (Å²) in [6, 6.07) is 2.94. The number of alkyl halides is 4. The average molecular weight is 370 g/mol. The molecule has 0 radical (unpaired) electrons. The Labute approximate surface area is 128 Å². The Morgan fingerprint density at radius 1 is 1.33 bits per heavy atom. The molecule has 0 aliphatic rings. The second-order valence-corrected chi connectivity index (χ2v) is 4.83. The van der Waals surface area contributed by atoms with E-state index in [2.05, 4.69) is 21.2 Å². The topological polar surface area (TPSA) is 47.6 Å². The van der Waals surface area contributed by atoms with Crippen molar-refractivity contribution in [3.05, 3.63) is 23.8 Å². The number of rotatable bonds is 7. The molecule has 1 aromatic carbocycles. The summed E-state index contributed by atoms with van der Waals surface area (Å²) in [5.41, 5.74) is -0.859. The molecule has 0 unspecified atom stereocenters. The zero-order valence-electron chi connectivity index (χ0n) is 11.3. The predicted octanol–water partition coefficient (Wildman–Crippen LogP) is 3.45. The van der Waals surface area contributed by atoms with E-state index >= 15 is 0 Å². The molecule has 1 rings (SSSR count). The van der Waals surface area contributed by atoms with Gasteiger partial charge in [0, 0.05) is 18.9 Å². The molecular weight excluding hydrogens is 355 g/mol. The third-order valence-electron chi connectivity index (χ3n) is 2.45. The van der Waals surface area contributed by atoms with Crippen LogP contribution in [-0.4, -0.2) is 31.6 Å². The van der Waals surface area contributed by atoms with Gasteiger partial charge in [0.15, 0.2) is 0 Å². The number of amides is 1. The van der Waals surface area contributed by atoms with E-state index in [9.17, 15) is 18.0 Å². The van der Waals surface area contributed by atoms with Crippen molar-refractivity contribution in [2.24, 2.45) is 0 Å². The second kappa shape index (κ2) is 8.23. The van der Waals surface area contributed by atoms with Crippen LogP contribution in [0.15, 0.2) is 18.2 Å². The van der Waals surface area contributed by atoms with Crippen LogP contribution in [0.5, 0.6) is 5.75 Å². The summed E-state index contributed by atoms with van der Waals surface area (Å²) in [6.45, 7) is 0.457. The van der Waals surface area contributed by atoms with Crippen molar-refractivity contribution < 1.29 is 27.4 Å². The van der Waals surface area contributed by atoms with Gasteiger partial charge in [0.2, 0.25) is 5.91 Å². The minimum Gasteiger partial charge on any atom is -0.489 e. The molecule has 0 spiro atoms. The Morgan fingerprint density at radius 3 is 2.62 bits per heavy atom. The highest BCUT2D eigenvalue weighted by Crippen LogP contribution is 2.35. The van der Waals surface area contributed by atoms with Crippen molar-refractivity contribution in [3.8, 4) is 5.75 Å². The van der Waals surface area contributed by atoms with Crippen LogP contribution in [0.3, 0.4) is 0 Å². The fourth-order valence-electron chi connectivity index (χ4n) is 1.46. The number of hydrogen-bond donors (Lipinski definition) is 1. The lowest BCUT2D eigenvalue weighted by molar-refractivity contribution is -0.137. The molecule has 118 valence electrons. The van der Waals surface area contributed by atoms with Crippen LogP contribution in [-0.2, 0) is 15.7 Å². The standard InChI is InChI=1S/C13H15BrF3NO3/c1-20-6-7-21-11-3-2-9(13(15,16)17)8-10(11)18-12(19)4-5-14/h2-3,8H,4-7H2,1H3,(H,18,19). The first kappa shape index (κ1) is 17.8. The van der Waals surface area contributed by atoms with Crippen LogP contribution in [0.4, 0.5) is 18.9 Å². The molecule has 4 nitrogen and oxygen atoms in total. The maximum Gasteiger partial charge on any atom is 0.416 e. The number of halogens is 4. The van der Waals surface area contributed by atoms with Crippen molar-refractivity contribution in [1.82, 2.24) is 0 Å². The minimum absolute atomic E-state index is 0.00752. The van der Waals surface area contributed by atoms with Crippen LogP contribution in [0.2, 0.25) is 0 Å². The van der Waals surface area contributed by atoms with Crippen LogP contribution < -0.4 is 10.1 Å². The van der Waals surface area contributed by atoms with E-state index in [-0.39, 0.29) is 31.1 Å². The third kappa shape index (κ3) is 5.92. The summed E-state index contributed by atoms with van der Waals surface area (Å²) in [6.07, 6.45) is -4.34. The quantitative estimate of drug-likeness (QED) is 0.591. The maximum atomic E-state index is 12.7. The first-order valence-electron chi connectivity index (χ1n) is 6.07. The van der Waals surface area contributed by atoms with Gasteiger partial charge in [-0.25, -0.2) is 0 Å². The molecule has 8 heteroatoms. The highest BCUT2D eigenvalue weighted by Gasteiger charge is 2.31. The van der Waals surface area contributed by atoms with E-state index in [4.69, 9.17) is 9.47 Å². The largest absolute Gasteiger partial charge is 0.489 e. The summed E-state index contributed by atoms with van der Waals surface area (Å²) in [7, 11) is 1.48. The van der Waals surface area contributed by atoms with Gasteiger partial charge in [-0.1, -0.05) is 15.9 Å². The van der Waals surface area contributed by atoms with Gasteiger partial charge >= 0.3 is 6.18 Å². The molecule has 21 heavy (non-hydrogen) atoms. The lowest BCUT2D eigenvalue weighted by Crippen LogP contribution is -2.15. The molecular formula is C13H15BrF3NO3. The second-order valence-electron chi connectivity index (χ2n) is 4.04. The molecule has 0 atom stereocenters.